The lowest BCUT2D eigenvalue weighted by Gasteiger charge is -2.22. The number of fused-ring (bicyclic) bond motifs is 1. The molecular weight excluding hydrogens is 455 g/mol. The number of para-hydroxylation sites is 2. The second-order valence-corrected chi connectivity index (χ2v) is 8.41. The van der Waals surface area contributed by atoms with Crippen LogP contribution in [0.15, 0.2) is 91.6 Å². The van der Waals surface area contributed by atoms with E-state index in [9.17, 15) is 9.18 Å². The average Bonchev–Trinajstić information content (AvgIpc) is 3.41. The largest absolute Gasteiger partial charge is 0.462 e. The number of nitrogens with one attached hydrogen (secondary N) is 1. The van der Waals surface area contributed by atoms with E-state index in [1.807, 2.05) is 60.2 Å². The highest BCUT2D eigenvalue weighted by Crippen LogP contribution is 2.37. The molecule has 1 atom stereocenters. The van der Waals surface area contributed by atoms with Gasteiger partial charge in [-0.2, -0.15) is 0 Å². The Hall–Kier alpha value is -4.52. The Kier molecular flexibility index (Phi) is 6.45. The van der Waals surface area contributed by atoms with E-state index in [1.165, 1.54) is 12.1 Å². The van der Waals surface area contributed by atoms with Crippen molar-refractivity contribution < 1.29 is 13.9 Å². The number of hydrogen-bond acceptors (Lipinski definition) is 5. The number of aryl methyl sites for hydroxylation is 1. The van der Waals surface area contributed by atoms with Gasteiger partial charge in [-0.25, -0.2) is 14.2 Å². The highest BCUT2D eigenvalue weighted by molar-refractivity contribution is 6.07. The van der Waals surface area contributed by atoms with Crippen molar-refractivity contribution in [1.82, 2.24) is 14.5 Å². The van der Waals surface area contributed by atoms with E-state index in [-0.39, 0.29) is 18.5 Å². The van der Waals surface area contributed by atoms with Gasteiger partial charge in [0, 0.05) is 35.2 Å². The van der Waals surface area contributed by atoms with Crippen LogP contribution in [-0.4, -0.2) is 27.1 Å². The molecule has 5 rings (SSSR count). The van der Waals surface area contributed by atoms with Gasteiger partial charge >= 0.3 is 5.97 Å². The third-order valence-corrected chi connectivity index (χ3v) is 6.13. The van der Waals surface area contributed by atoms with Crippen molar-refractivity contribution >= 4 is 28.2 Å². The molecule has 0 saturated carbocycles. The molecule has 36 heavy (non-hydrogen) atoms. The number of carbonyl (C=O) groups excluding carboxylic acids is 1. The van der Waals surface area contributed by atoms with Crippen molar-refractivity contribution in [1.29, 1.82) is 0 Å². The Morgan fingerprint density at radius 1 is 1.08 bits per heavy atom. The average molecular weight is 481 g/mol. The minimum absolute atomic E-state index is 0.258. The number of benzene rings is 3. The van der Waals surface area contributed by atoms with E-state index in [0.29, 0.717) is 16.8 Å². The maximum Gasteiger partial charge on any atom is 0.341 e. The minimum Gasteiger partial charge on any atom is -0.462 e. The molecule has 180 valence electrons. The minimum atomic E-state index is -0.446. The number of aromatic nitrogens is 3. The fourth-order valence-electron chi connectivity index (χ4n) is 4.39. The van der Waals surface area contributed by atoms with Gasteiger partial charge in [-0.3, -0.25) is 4.98 Å². The summed E-state index contributed by atoms with van der Waals surface area (Å²) >= 11 is 0. The van der Waals surface area contributed by atoms with Crippen molar-refractivity contribution in [3.05, 3.63) is 120 Å². The van der Waals surface area contributed by atoms with Crippen LogP contribution in [0.1, 0.15) is 40.0 Å². The molecule has 0 aliphatic carbocycles. The summed E-state index contributed by atoms with van der Waals surface area (Å²) in [4.78, 5) is 21.9. The van der Waals surface area contributed by atoms with Gasteiger partial charge in [0.15, 0.2) is 0 Å². The van der Waals surface area contributed by atoms with Crippen LogP contribution in [0.4, 0.5) is 15.8 Å². The van der Waals surface area contributed by atoms with Crippen molar-refractivity contribution in [3.8, 4) is 0 Å². The maximum absolute atomic E-state index is 13.7. The highest BCUT2D eigenvalue weighted by atomic mass is 19.1. The van der Waals surface area contributed by atoms with Gasteiger partial charge in [-0.05, 0) is 43.2 Å². The molecule has 2 heterocycles. The molecule has 0 radical (unpaired) electrons. The Bertz CT molecular complexity index is 1510. The second kappa shape index (κ2) is 10.00. The van der Waals surface area contributed by atoms with Crippen molar-refractivity contribution in [2.75, 3.05) is 11.9 Å². The SMILES string of the molecule is CCOC(=O)c1cnc2c(C(c3ccc(F)cc3)n3ccnc3)cccc2c1Nc1ccccc1C. The Labute approximate surface area is 208 Å². The number of imidazole rings is 1. The molecule has 1 unspecified atom stereocenters. The standard InChI is InChI=1S/C29H25FN4O2/c1-3-36-29(35)24-17-32-26-22(27(24)33-25-10-5-4-7-19(25)2)8-6-9-23(26)28(34-16-15-31-18-34)20-11-13-21(30)14-12-20/h4-18,28H,3H2,1-2H3,(H,32,33). The first-order valence-electron chi connectivity index (χ1n) is 11.7. The van der Waals surface area contributed by atoms with Gasteiger partial charge in [-0.15, -0.1) is 0 Å². The number of nitrogens with zero attached hydrogens (tertiary/aromatic N) is 3. The summed E-state index contributed by atoms with van der Waals surface area (Å²) in [5, 5.41) is 4.23. The van der Waals surface area contributed by atoms with E-state index in [1.54, 1.807) is 37.8 Å². The smallest absolute Gasteiger partial charge is 0.341 e. The van der Waals surface area contributed by atoms with E-state index < -0.39 is 5.97 Å². The van der Waals surface area contributed by atoms with Gasteiger partial charge in [0.2, 0.25) is 0 Å². The van der Waals surface area contributed by atoms with Crippen LogP contribution in [0.5, 0.6) is 0 Å². The lowest BCUT2D eigenvalue weighted by molar-refractivity contribution is 0.0527. The van der Waals surface area contributed by atoms with E-state index in [2.05, 4.69) is 10.3 Å². The maximum atomic E-state index is 13.7. The van der Waals surface area contributed by atoms with Crippen LogP contribution in [0.2, 0.25) is 0 Å². The normalized spacial score (nSPS) is 11.9. The number of pyridine rings is 1. The Morgan fingerprint density at radius 2 is 1.89 bits per heavy atom. The number of anilines is 2. The van der Waals surface area contributed by atoms with Gasteiger partial charge in [0.25, 0.3) is 0 Å². The third kappa shape index (κ3) is 4.43. The highest BCUT2D eigenvalue weighted by Gasteiger charge is 2.23. The molecule has 0 aliphatic heterocycles. The molecule has 3 aromatic carbocycles. The Morgan fingerprint density at radius 3 is 2.61 bits per heavy atom. The van der Waals surface area contributed by atoms with Gasteiger partial charge in [-0.1, -0.05) is 48.5 Å². The monoisotopic (exact) mass is 480 g/mol. The predicted molar refractivity (Wildman–Crippen MR) is 138 cm³/mol. The lowest BCUT2D eigenvalue weighted by atomic mass is 9.94. The van der Waals surface area contributed by atoms with Crippen LogP contribution in [-0.2, 0) is 4.74 Å². The molecular formula is C29H25FN4O2. The van der Waals surface area contributed by atoms with Gasteiger partial charge in [0.05, 0.1) is 30.2 Å². The second-order valence-electron chi connectivity index (χ2n) is 8.41. The van der Waals surface area contributed by atoms with E-state index in [4.69, 9.17) is 9.72 Å². The van der Waals surface area contributed by atoms with Crippen molar-refractivity contribution in [3.63, 3.8) is 0 Å². The van der Waals surface area contributed by atoms with Crippen LogP contribution < -0.4 is 5.32 Å². The lowest BCUT2D eigenvalue weighted by Crippen LogP contribution is -2.13. The molecule has 0 aliphatic rings. The van der Waals surface area contributed by atoms with Crippen LogP contribution >= 0.6 is 0 Å². The first-order valence-corrected chi connectivity index (χ1v) is 11.7. The predicted octanol–water partition coefficient (Wildman–Crippen LogP) is 6.44. The van der Waals surface area contributed by atoms with Crippen LogP contribution in [0.25, 0.3) is 10.9 Å². The summed E-state index contributed by atoms with van der Waals surface area (Å²) in [6.45, 7) is 4.04. The molecule has 5 aromatic rings. The molecule has 2 aromatic heterocycles. The van der Waals surface area contributed by atoms with Crippen LogP contribution in [0.3, 0.4) is 0 Å². The first kappa shape index (κ1) is 23.2. The fraction of sp³-hybridized carbons (Fsp3) is 0.138. The van der Waals surface area contributed by atoms with Crippen molar-refractivity contribution in [2.45, 2.75) is 19.9 Å². The number of halogens is 1. The number of rotatable bonds is 7. The van der Waals surface area contributed by atoms with Crippen molar-refractivity contribution in [2.24, 2.45) is 0 Å². The molecule has 7 heteroatoms. The number of carbonyl (C=O) groups is 1. The zero-order valence-electron chi connectivity index (χ0n) is 20.0. The zero-order valence-corrected chi connectivity index (χ0v) is 20.0. The Balaban J connectivity index is 1.74. The van der Waals surface area contributed by atoms with Gasteiger partial charge < -0.3 is 14.6 Å². The fourth-order valence-corrected chi connectivity index (χ4v) is 4.39. The summed E-state index contributed by atoms with van der Waals surface area (Å²) < 4.78 is 21.0. The summed E-state index contributed by atoms with van der Waals surface area (Å²) in [6.07, 6.45) is 6.86. The molecule has 0 spiro atoms. The summed E-state index contributed by atoms with van der Waals surface area (Å²) in [6, 6.07) is 19.9. The third-order valence-electron chi connectivity index (χ3n) is 6.13. The first-order chi connectivity index (χ1) is 17.6. The number of esters is 1. The summed E-state index contributed by atoms with van der Waals surface area (Å²) in [5.74, 6) is -0.749. The van der Waals surface area contributed by atoms with Gasteiger partial charge in [0.1, 0.15) is 11.4 Å². The molecule has 1 N–H and O–H groups in total. The summed E-state index contributed by atoms with van der Waals surface area (Å²) in [7, 11) is 0. The van der Waals surface area contributed by atoms with E-state index >= 15 is 0 Å². The summed E-state index contributed by atoms with van der Waals surface area (Å²) in [5.41, 5.74) is 5.38. The zero-order chi connectivity index (χ0) is 25.1. The van der Waals surface area contributed by atoms with Crippen LogP contribution in [0, 0.1) is 12.7 Å². The van der Waals surface area contributed by atoms with E-state index in [0.717, 1.165) is 27.8 Å². The molecule has 0 amide bonds. The molecule has 0 fully saturated rings. The molecule has 0 saturated heterocycles. The number of ether oxygens (including phenoxy) is 1. The topological polar surface area (TPSA) is 69.0 Å². The quantitative estimate of drug-likeness (QED) is 0.272. The molecule has 6 nitrogen and oxygen atoms in total. The molecule has 0 bridgehead atoms. The number of hydrogen-bond donors (Lipinski definition) is 1.